The molecule has 0 bridgehead atoms. The molecule has 0 atom stereocenters. The normalized spacial score (nSPS) is 14.1. The van der Waals surface area contributed by atoms with Gasteiger partial charge in [-0.15, -0.1) is 0 Å². The van der Waals surface area contributed by atoms with Crippen molar-refractivity contribution >= 4 is 17.6 Å². The fourth-order valence-electron chi connectivity index (χ4n) is 2.82. The van der Waals surface area contributed by atoms with Gasteiger partial charge in [-0.05, 0) is 38.0 Å². The molecule has 1 heterocycles. The second kappa shape index (κ2) is 8.65. The Morgan fingerprint density at radius 3 is 2.55 bits per heavy atom. The highest BCUT2D eigenvalue weighted by molar-refractivity contribution is 6.36. The number of methoxy groups -OCH3 is 1. The SMILES string of the molecule is [2H]C([2H])([2H])Oc1cc(CC(C)(C)C(F)(F)F)ccc1-c1c(Cl)c(C(=O)OCC)nn1CC. The van der Waals surface area contributed by atoms with Gasteiger partial charge in [0.1, 0.15) is 10.8 Å². The van der Waals surface area contributed by atoms with Gasteiger partial charge in [-0.3, -0.25) is 4.68 Å². The summed E-state index contributed by atoms with van der Waals surface area (Å²) in [4.78, 5) is 12.2. The molecular formula is C20H24ClF3N2O3. The van der Waals surface area contributed by atoms with E-state index in [-0.39, 0.29) is 46.4 Å². The molecule has 0 spiro atoms. The molecule has 0 saturated heterocycles. The number of carbonyl (C=O) groups excluding carboxylic acids is 1. The average Bonchev–Trinajstić information content (AvgIpc) is 2.96. The molecule has 9 heteroatoms. The molecule has 0 radical (unpaired) electrons. The molecule has 0 amide bonds. The third kappa shape index (κ3) is 4.69. The fraction of sp³-hybridized carbons (Fsp3) is 0.500. The van der Waals surface area contributed by atoms with Crippen molar-refractivity contribution in [2.24, 2.45) is 5.41 Å². The second-order valence-electron chi connectivity index (χ2n) is 7.04. The van der Waals surface area contributed by atoms with Crippen molar-refractivity contribution < 1.29 is 31.6 Å². The number of nitrogens with zero attached hydrogens (tertiary/aromatic N) is 2. The van der Waals surface area contributed by atoms with E-state index in [0.717, 1.165) is 13.8 Å². The van der Waals surface area contributed by atoms with E-state index in [1.54, 1.807) is 13.8 Å². The van der Waals surface area contributed by atoms with Crippen LogP contribution in [0.2, 0.25) is 5.02 Å². The average molecular weight is 436 g/mol. The van der Waals surface area contributed by atoms with E-state index in [1.165, 1.54) is 22.9 Å². The number of benzene rings is 1. The summed E-state index contributed by atoms with van der Waals surface area (Å²) < 4.78 is 73.8. The number of hydrogen-bond donors (Lipinski definition) is 0. The minimum absolute atomic E-state index is 0.0796. The van der Waals surface area contributed by atoms with Crippen LogP contribution in [0.5, 0.6) is 5.75 Å². The van der Waals surface area contributed by atoms with Gasteiger partial charge in [0.15, 0.2) is 5.69 Å². The summed E-state index contributed by atoms with van der Waals surface area (Å²) in [5.41, 5.74) is -1.62. The first-order chi connectivity index (χ1) is 14.6. The first kappa shape index (κ1) is 18.8. The maximum Gasteiger partial charge on any atom is 0.394 e. The smallest absolute Gasteiger partial charge is 0.394 e. The predicted molar refractivity (Wildman–Crippen MR) is 104 cm³/mol. The molecule has 1 aromatic heterocycles. The van der Waals surface area contributed by atoms with Crippen LogP contribution >= 0.6 is 11.6 Å². The van der Waals surface area contributed by atoms with E-state index in [2.05, 4.69) is 5.10 Å². The number of rotatable bonds is 7. The van der Waals surface area contributed by atoms with Gasteiger partial charge in [0.05, 0.1) is 28.9 Å². The third-order valence-corrected chi connectivity index (χ3v) is 4.85. The van der Waals surface area contributed by atoms with Gasteiger partial charge in [-0.2, -0.15) is 18.3 Å². The number of aryl methyl sites for hydroxylation is 1. The molecule has 0 aliphatic heterocycles. The van der Waals surface area contributed by atoms with E-state index in [1.807, 2.05) is 0 Å². The molecule has 0 unspecified atom stereocenters. The first-order valence-electron chi connectivity index (χ1n) is 10.4. The molecule has 0 N–H and O–H groups in total. The van der Waals surface area contributed by atoms with Crippen LogP contribution < -0.4 is 4.74 Å². The fourth-order valence-corrected chi connectivity index (χ4v) is 3.14. The van der Waals surface area contributed by atoms with Crippen LogP contribution in [0.15, 0.2) is 18.2 Å². The molecule has 2 rings (SSSR count). The molecule has 1 aromatic carbocycles. The number of ether oxygens (including phenoxy) is 2. The van der Waals surface area contributed by atoms with E-state index < -0.39 is 31.0 Å². The number of alkyl halides is 3. The molecule has 0 aliphatic carbocycles. The summed E-state index contributed by atoms with van der Waals surface area (Å²) in [7, 11) is -2.87. The van der Waals surface area contributed by atoms with Gasteiger partial charge in [0.25, 0.3) is 0 Å². The standard InChI is InChI=1S/C20H24ClF3N2O3/c1-6-26-17(15(21)16(25-26)18(27)29-7-2)13-9-8-12(10-14(13)28-5)11-19(3,4)20(22,23)24/h8-10H,6-7,11H2,1-5H3/i5D3. The Hall–Kier alpha value is -2.22. The number of aromatic nitrogens is 2. The van der Waals surface area contributed by atoms with Crippen LogP contribution in [0.4, 0.5) is 13.2 Å². The molecule has 0 aliphatic rings. The van der Waals surface area contributed by atoms with Gasteiger partial charge in [0, 0.05) is 12.1 Å². The number of carbonyl (C=O) groups is 1. The van der Waals surface area contributed by atoms with Crippen LogP contribution in [0, 0.1) is 5.41 Å². The van der Waals surface area contributed by atoms with Gasteiger partial charge in [0.2, 0.25) is 0 Å². The van der Waals surface area contributed by atoms with Gasteiger partial charge < -0.3 is 9.47 Å². The highest BCUT2D eigenvalue weighted by Gasteiger charge is 2.47. The maximum absolute atomic E-state index is 13.3. The Morgan fingerprint density at radius 1 is 1.31 bits per heavy atom. The second-order valence-corrected chi connectivity index (χ2v) is 7.42. The van der Waals surface area contributed by atoms with Crippen molar-refractivity contribution in [3.05, 3.63) is 34.5 Å². The van der Waals surface area contributed by atoms with Gasteiger partial charge in [-0.25, -0.2) is 4.79 Å². The lowest BCUT2D eigenvalue weighted by molar-refractivity contribution is -0.211. The Labute approximate surface area is 177 Å². The first-order valence-corrected chi connectivity index (χ1v) is 9.31. The van der Waals surface area contributed by atoms with E-state index in [4.69, 9.17) is 25.2 Å². The highest BCUT2D eigenvalue weighted by atomic mass is 35.5. The lowest BCUT2D eigenvalue weighted by Crippen LogP contribution is -2.34. The summed E-state index contributed by atoms with van der Waals surface area (Å²) in [5, 5.41) is 4.06. The lowest BCUT2D eigenvalue weighted by Gasteiger charge is -2.28. The highest BCUT2D eigenvalue weighted by Crippen LogP contribution is 2.42. The summed E-state index contributed by atoms with van der Waals surface area (Å²) in [6.07, 6.45) is -4.86. The summed E-state index contributed by atoms with van der Waals surface area (Å²) in [6, 6.07) is 4.08. The van der Waals surface area contributed by atoms with Crippen molar-refractivity contribution in [2.75, 3.05) is 13.6 Å². The summed E-state index contributed by atoms with van der Waals surface area (Å²) >= 11 is 6.39. The lowest BCUT2D eigenvalue weighted by atomic mass is 9.84. The molecule has 0 saturated carbocycles. The Morgan fingerprint density at radius 2 is 2.00 bits per heavy atom. The molecule has 29 heavy (non-hydrogen) atoms. The predicted octanol–water partition coefficient (Wildman–Crippen LogP) is 5.54. The van der Waals surface area contributed by atoms with Crippen LogP contribution in [0.25, 0.3) is 11.3 Å². The molecule has 2 aromatic rings. The number of halogens is 4. The van der Waals surface area contributed by atoms with Crippen LogP contribution in [0.1, 0.15) is 47.9 Å². The summed E-state index contributed by atoms with van der Waals surface area (Å²) in [5.74, 6) is -0.958. The zero-order chi connectivity index (χ0) is 24.5. The Balaban J connectivity index is 2.65. The Kier molecular flexibility index (Phi) is 5.60. The molecule has 160 valence electrons. The van der Waals surface area contributed by atoms with E-state index in [0.29, 0.717) is 0 Å². The van der Waals surface area contributed by atoms with Crippen LogP contribution in [0.3, 0.4) is 0 Å². The van der Waals surface area contributed by atoms with Crippen molar-refractivity contribution in [2.45, 2.75) is 46.8 Å². The summed E-state index contributed by atoms with van der Waals surface area (Å²) in [6.45, 7) is 5.82. The maximum atomic E-state index is 13.3. The monoisotopic (exact) mass is 435 g/mol. The van der Waals surface area contributed by atoms with Crippen molar-refractivity contribution in [1.82, 2.24) is 9.78 Å². The third-order valence-electron chi connectivity index (χ3n) is 4.49. The molecular weight excluding hydrogens is 409 g/mol. The molecule has 0 fully saturated rings. The number of hydrogen-bond acceptors (Lipinski definition) is 4. The quantitative estimate of drug-likeness (QED) is 0.536. The Bertz CT molecular complexity index is 989. The zero-order valence-electron chi connectivity index (χ0n) is 19.5. The van der Waals surface area contributed by atoms with Crippen molar-refractivity contribution in [1.29, 1.82) is 0 Å². The van der Waals surface area contributed by atoms with Gasteiger partial charge in [-0.1, -0.05) is 31.5 Å². The van der Waals surface area contributed by atoms with Gasteiger partial charge >= 0.3 is 12.1 Å². The minimum Gasteiger partial charge on any atom is -0.496 e. The molecule has 5 nitrogen and oxygen atoms in total. The minimum atomic E-state index is -4.46. The van der Waals surface area contributed by atoms with Crippen molar-refractivity contribution in [3.63, 3.8) is 0 Å². The topological polar surface area (TPSA) is 53.4 Å². The van der Waals surface area contributed by atoms with E-state index >= 15 is 0 Å². The van der Waals surface area contributed by atoms with E-state index in [9.17, 15) is 18.0 Å². The number of esters is 1. The largest absolute Gasteiger partial charge is 0.496 e. The zero-order valence-corrected chi connectivity index (χ0v) is 17.2. The van der Waals surface area contributed by atoms with Crippen LogP contribution in [-0.2, 0) is 17.7 Å². The van der Waals surface area contributed by atoms with Crippen molar-refractivity contribution in [3.8, 4) is 17.0 Å². The van der Waals surface area contributed by atoms with Crippen LogP contribution in [-0.4, -0.2) is 35.6 Å².